The molecule has 0 radical (unpaired) electrons. The van der Waals surface area contributed by atoms with E-state index in [1.165, 1.54) is 24.8 Å². The number of nitrogens with one attached hydrogen (secondary N) is 1. The van der Waals surface area contributed by atoms with Crippen LogP contribution in [0, 0.1) is 12.3 Å². The van der Waals surface area contributed by atoms with Crippen LogP contribution in [0.1, 0.15) is 37.4 Å². The Morgan fingerprint density at radius 1 is 1.44 bits per heavy atom. The molecule has 1 fully saturated rings. The van der Waals surface area contributed by atoms with E-state index in [0.717, 1.165) is 18.8 Å². The summed E-state index contributed by atoms with van der Waals surface area (Å²) in [4.78, 5) is 4.29. The molecular weight excluding hydrogens is 220 g/mol. The molecule has 0 aromatic carbocycles. The fourth-order valence-electron chi connectivity index (χ4n) is 2.00. The van der Waals surface area contributed by atoms with Crippen LogP contribution in [0.2, 0.25) is 0 Å². The minimum atomic E-state index is 0. The third-order valence-electron chi connectivity index (χ3n) is 3.64. The largest absolute Gasteiger partial charge is 0.312 e. The molecular formula is C13H21ClN2. The third kappa shape index (κ3) is 3.19. The average molecular weight is 241 g/mol. The summed E-state index contributed by atoms with van der Waals surface area (Å²) in [6, 6.07) is 4.16. The Morgan fingerprint density at radius 3 is 2.75 bits per heavy atom. The first-order valence-corrected chi connectivity index (χ1v) is 5.87. The number of aromatic nitrogens is 1. The molecule has 1 aliphatic carbocycles. The van der Waals surface area contributed by atoms with Crippen LogP contribution >= 0.6 is 12.4 Å². The highest BCUT2D eigenvalue weighted by Gasteiger charge is 2.39. The standard InChI is InChI=1S/C13H20N2.ClH/c1-3-13(6-7-13)10-14-9-12-5-4-8-15-11(12)2;/h4-5,8,14H,3,6-7,9-10H2,1-2H3;1H. The molecule has 0 spiro atoms. The van der Waals surface area contributed by atoms with Gasteiger partial charge in [-0.05, 0) is 43.2 Å². The first-order chi connectivity index (χ1) is 7.26. The van der Waals surface area contributed by atoms with Gasteiger partial charge in [-0.1, -0.05) is 13.0 Å². The molecule has 0 amide bonds. The van der Waals surface area contributed by atoms with Gasteiger partial charge in [-0.2, -0.15) is 0 Å². The van der Waals surface area contributed by atoms with Crippen molar-refractivity contribution in [2.75, 3.05) is 6.54 Å². The van der Waals surface area contributed by atoms with E-state index in [9.17, 15) is 0 Å². The lowest BCUT2D eigenvalue weighted by Crippen LogP contribution is -2.23. The summed E-state index contributed by atoms with van der Waals surface area (Å²) in [7, 11) is 0. The number of hydrogen-bond acceptors (Lipinski definition) is 2. The van der Waals surface area contributed by atoms with Crippen LogP contribution in [0.5, 0.6) is 0 Å². The molecule has 1 N–H and O–H groups in total. The summed E-state index contributed by atoms with van der Waals surface area (Å²) in [5, 5.41) is 3.56. The summed E-state index contributed by atoms with van der Waals surface area (Å²) in [5.74, 6) is 0. The number of aryl methyl sites for hydroxylation is 1. The molecule has 1 saturated carbocycles. The minimum Gasteiger partial charge on any atom is -0.312 e. The SMILES string of the molecule is CCC1(CNCc2cccnc2C)CC1.Cl. The summed E-state index contributed by atoms with van der Waals surface area (Å²) in [6.45, 7) is 6.49. The highest BCUT2D eigenvalue weighted by molar-refractivity contribution is 5.85. The number of nitrogens with zero attached hydrogens (tertiary/aromatic N) is 1. The van der Waals surface area contributed by atoms with Crippen molar-refractivity contribution in [1.29, 1.82) is 0 Å². The highest BCUT2D eigenvalue weighted by atomic mass is 35.5. The van der Waals surface area contributed by atoms with Crippen molar-refractivity contribution in [3.63, 3.8) is 0 Å². The summed E-state index contributed by atoms with van der Waals surface area (Å²) in [5.41, 5.74) is 3.10. The second kappa shape index (κ2) is 5.65. The fourth-order valence-corrected chi connectivity index (χ4v) is 2.00. The van der Waals surface area contributed by atoms with E-state index in [-0.39, 0.29) is 12.4 Å². The normalized spacial score (nSPS) is 16.6. The van der Waals surface area contributed by atoms with Gasteiger partial charge in [0.2, 0.25) is 0 Å². The fraction of sp³-hybridized carbons (Fsp3) is 0.615. The van der Waals surface area contributed by atoms with Crippen molar-refractivity contribution >= 4 is 12.4 Å². The van der Waals surface area contributed by atoms with Gasteiger partial charge in [0.15, 0.2) is 0 Å². The van der Waals surface area contributed by atoms with E-state index in [2.05, 4.69) is 30.2 Å². The number of rotatable bonds is 5. The Labute approximate surface area is 104 Å². The summed E-state index contributed by atoms with van der Waals surface area (Å²) in [6.07, 6.45) is 5.98. The van der Waals surface area contributed by atoms with Crippen LogP contribution in [0.25, 0.3) is 0 Å². The molecule has 16 heavy (non-hydrogen) atoms. The Bertz CT molecular complexity index is 334. The van der Waals surface area contributed by atoms with Crippen LogP contribution in [-0.4, -0.2) is 11.5 Å². The van der Waals surface area contributed by atoms with Gasteiger partial charge in [0.25, 0.3) is 0 Å². The van der Waals surface area contributed by atoms with Crippen molar-refractivity contribution in [2.24, 2.45) is 5.41 Å². The second-order valence-corrected chi connectivity index (χ2v) is 4.71. The van der Waals surface area contributed by atoms with Crippen molar-refractivity contribution in [1.82, 2.24) is 10.3 Å². The smallest absolute Gasteiger partial charge is 0.0417 e. The molecule has 90 valence electrons. The van der Waals surface area contributed by atoms with E-state index >= 15 is 0 Å². The molecule has 0 atom stereocenters. The van der Waals surface area contributed by atoms with E-state index in [1.54, 1.807) is 0 Å². The number of hydrogen-bond donors (Lipinski definition) is 1. The van der Waals surface area contributed by atoms with E-state index in [0.29, 0.717) is 5.41 Å². The van der Waals surface area contributed by atoms with Gasteiger partial charge < -0.3 is 5.32 Å². The van der Waals surface area contributed by atoms with Gasteiger partial charge in [0.05, 0.1) is 0 Å². The zero-order valence-corrected chi connectivity index (χ0v) is 10.9. The molecule has 1 aliphatic rings. The molecule has 2 rings (SSSR count). The zero-order valence-electron chi connectivity index (χ0n) is 10.1. The monoisotopic (exact) mass is 240 g/mol. The third-order valence-corrected chi connectivity index (χ3v) is 3.64. The van der Waals surface area contributed by atoms with Gasteiger partial charge in [-0.15, -0.1) is 12.4 Å². The lowest BCUT2D eigenvalue weighted by Gasteiger charge is -2.13. The molecule has 2 nitrogen and oxygen atoms in total. The van der Waals surface area contributed by atoms with E-state index in [1.807, 2.05) is 12.3 Å². The van der Waals surface area contributed by atoms with Crippen molar-refractivity contribution in [3.05, 3.63) is 29.6 Å². The maximum absolute atomic E-state index is 4.29. The van der Waals surface area contributed by atoms with E-state index < -0.39 is 0 Å². The number of halogens is 1. The van der Waals surface area contributed by atoms with Gasteiger partial charge in [-0.25, -0.2) is 0 Å². The second-order valence-electron chi connectivity index (χ2n) is 4.71. The Morgan fingerprint density at radius 2 is 2.19 bits per heavy atom. The molecule has 0 aliphatic heterocycles. The van der Waals surface area contributed by atoms with Crippen LogP contribution in [0.4, 0.5) is 0 Å². The van der Waals surface area contributed by atoms with Gasteiger partial charge in [0.1, 0.15) is 0 Å². The molecule has 1 aromatic heterocycles. The molecule has 0 saturated heterocycles. The molecule has 0 unspecified atom stereocenters. The van der Waals surface area contributed by atoms with Gasteiger partial charge in [-0.3, -0.25) is 4.98 Å². The predicted octanol–water partition coefficient (Wildman–Crippen LogP) is 3.09. The Balaban J connectivity index is 0.00000128. The van der Waals surface area contributed by atoms with Crippen LogP contribution in [-0.2, 0) is 6.54 Å². The average Bonchev–Trinajstić information content (AvgIpc) is 3.02. The van der Waals surface area contributed by atoms with Crippen LogP contribution < -0.4 is 5.32 Å². The maximum Gasteiger partial charge on any atom is 0.0417 e. The zero-order chi connectivity index (χ0) is 10.7. The Hall–Kier alpha value is -0.600. The first-order valence-electron chi connectivity index (χ1n) is 5.87. The molecule has 1 heterocycles. The highest BCUT2D eigenvalue weighted by Crippen LogP contribution is 2.47. The quantitative estimate of drug-likeness (QED) is 0.856. The van der Waals surface area contributed by atoms with Crippen molar-refractivity contribution in [3.8, 4) is 0 Å². The van der Waals surface area contributed by atoms with Crippen molar-refractivity contribution < 1.29 is 0 Å². The molecule has 1 aromatic rings. The topological polar surface area (TPSA) is 24.9 Å². The maximum atomic E-state index is 4.29. The summed E-state index contributed by atoms with van der Waals surface area (Å²) < 4.78 is 0. The predicted molar refractivity (Wildman–Crippen MR) is 69.9 cm³/mol. The van der Waals surface area contributed by atoms with Gasteiger partial charge >= 0.3 is 0 Å². The van der Waals surface area contributed by atoms with Crippen molar-refractivity contribution in [2.45, 2.75) is 39.7 Å². The lowest BCUT2D eigenvalue weighted by molar-refractivity contribution is 0.443. The van der Waals surface area contributed by atoms with Crippen LogP contribution in [0.15, 0.2) is 18.3 Å². The number of pyridine rings is 1. The minimum absolute atomic E-state index is 0. The van der Waals surface area contributed by atoms with E-state index in [4.69, 9.17) is 0 Å². The van der Waals surface area contributed by atoms with Gasteiger partial charge in [0, 0.05) is 25.0 Å². The first kappa shape index (κ1) is 13.5. The Kier molecular flexibility index (Phi) is 4.75. The molecule has 0 bridgehead atoms. The lowest BCUT2D eigenvalue weighted by atomic mass is 10.0. The molecule has 3 heteroatoms. The van der Waals surface area contributed by atoms with Crippen LogP contribution in [0.3, 0.4) is 0 Å². The summed E-state index contributed by atoms with van der Waals surface area (Å²) >= 11 is 0.